The number of H-pyrrole nitrogens is 1. The fourth-order valence-electron chi connectivity index (χ4n) is 2.94. The summed E-state index contributed by atoms with van der Waals surface area (Å²) in [5.74, 6) is 0. The molecule has 0 amide bonds. The minimum atomic E-state index is 0.00464. The Kier molecular flexibility index (Phi) is 4.06. The van der Waals surface area contributed by atoms with Gasteiger partial charge in [0.05, 0.1) is 5.39 Å². The van der Waals surface area contributed by atoms with Gasteiger partial charge in [0, 0.05) is 4.88 Å². The van der Waals surface area contributed by atoms with E-state index in [1.807, 2.05) is 41.8 Å². The van der Waals surface area contributed by atoms with Gasteiger partial charge in [0.2, 0.25) is 0 Å². The van der Waals surface area contributed by atoms with Crippen molar-refractivity contribution >= 4 is 39.4 Å². The highest BCUT2D eigenvalue weighted by Crippen LogP contribution is 2.34. The maximum atomic E-state index is 12.4. The Bertz CT molecular complexity index is 925. The molecule has 0 radical (unpaired) electrons. The van der Waals surface area contributed by atoms with E-state index in [-0.39, 0.29) is 5.56 Å². The van der Waals surface area contributed by atoms with Gasteiger partial charge in [-0.15, -0.1) is 11.3 Å². The van der Waals surface area contributed by atoms with E-state index in [1.165, 1.54) is 35.0 Å². The normalized spacial score (nSPS) is 14.4. The molecule has 1 N–H and O–H groups in total. The van der Waals surface area contributed by atoms with Gasteiger partial charge < -0.3 is 4.98 Å². The van der Waals surface area contributed by atoms with E-state index in [4.69, 9.17) is 0 Å². The number of thioether (sulfide) groups is 1. The maximum Gasteiger partial charge on any atom is 0.260 e. The molecule has 2 heterocycles. The van der Waals surface area contributed by atoms with E-state index >= 15 is 0 Å². The highest BCUT2D eigenvalue weighted by Gasteiger charge is 2.19. The molecule has 0 aliphatic heterocycles. The van der Waals surface area contributed by atoms with Gasteiger partial charge in [-0.25, -0.2) is 4.98 Å². The van der Waals surface area contributed by atoms with Crippen molar-refractivity contribution in [3.63, 3.8) is 0 Å². The fraction of sp³-hybridized carbons (Fsp3) is 0.222. The van der Waals surface area contributed by atoms with Crippen LogP contribution in [0.5, 0.6) is 0 Å². The third-order valence-electron chi connectivity index (χ3n) is 4.04. The molecule has 5 heteroatoms. The van der Waals surface area contributed by atoms with Crippen molar-refractivity contribution < 1.29 is 0 Å². The smallest absolute Gasteiger partial charge is 0.260 e. The summed E-state index contributed by atoms with van der Waals surface area (Å²) < 4.78 is 0. The monoisotopic (exact) mass is 340 g/mol. The zero-order valence-corrected chi connectivity index (χ0v) is 14.2. The average molecular weight is 340 g/mol. The minimum absolute atomic E-state index is 0.00464. The van der Waals surface area contributed by atoms with Crippen molar-refractivity contribution in [2.75, 3.05) is 0 Å². The summed E-state index contributed by atoms with van der Waals surface area (Å²) in [5.41, 5.74) is 2.38. The van der Waals surface area contributed by atoms with Crippen molar-refractivity contribution in [1.29, 1.82) is 0 Å². The molecule has 0 unspecified atom stereocenters. The number of aromatic amines is 1. The number of aromatic nitrogens is 2. The average Bonchev–Trinajstić information content (AvgIpc) is 2.94. The molecule has 0 saturated carbocycles. The predicted octanol–water partition coefficient (Wildman–Crippen LogP) is 4.63. The molecule has 4 rings (SSSR count). The topological polar surface area (TPSA) is 45.8 Å². The predicted molar refractivity (Wildman–Crippen MR) is 98.2 cm³/mol. The van der Waals surface area contributed by atoms with E-state index in [0.29, 0.717) is 5.16 Å². The molecule has 0 fully saturated rings. The van der Waals surface area contributed by atoms with Gasteiger partial charge in [-0.1, -0.05) is 42.1 Å². The Morgan fingerprint density at radius 3 is 2.87 bits per heavy atom. The SMILES string of the molecule is O=c1[nH]c(S/C=C/c2ccccc2)nc2sc3c(c12)CCCC3. The van der Waals surface area contributed by atoms with Crippen molar-refractivity contribution in [2.24, 2.45) is 0 Å². The lowest BCUT2D eigenvalue weighted by Crippen LogP contribution is -2.10. The zero-order valence-electron chi connectivity index (χ0n) is 12.5. The van der Waals surface area contributed by atoms with Crippen LogP contribution in [0.3, 0.4) is 0 Å². The lowest BCUT2D eigenvalue weighted by atomic mass is 9.97. The van der Waals surface area contributed by atoms with Crippen LogP contribution in [0, 0.1) is 0 Å². The van der Waals surface area contributed by atoms with Gasteiger partial charge in [-0.2, -0.15) is 0 Å². The third-order valence-corrected chi connectivity index (χ3v) is 5.92. The van der Waals surface area contributed by atoms with Gasteiger partial charge in [-0.3, -0.25) is 4.79 Å². The first-order chi connectivity index (χ1) is 11.3. The largest absolute Gasteiger partial charge is 0.301 e. The van der Waals surface area contributed by atoms with Crippen LogP contribution >= 0.6 is 23.1 Å². The molecule has 2 aromatic heterocycles. The molecule has 1 aromatic carbocycles. The quantitative estimate of drug-likeness (QED) is 0.559. The first-order valence-electron chi connectivity index (χ1n) is 7.74. The number of nitrogens with zero attached hydrogens (tertiary/aromatic N) is 1. The Morgan fingerprint density at radius 1 is 1.17 bits per heavy atom. The van der Waals surface area contributed by atoms with Gasteiger partial charge in [0.25, 0.3) is 5.56 Å². The number of thiophene rings is 1. The number of hydrogen-bond acceptors (Lipinski definition) is 4. The molecule has 3 aromatic rings. The summed E-state index contributed by atoms with van der Waals surface area (Å²) in [4.78, 5) is 22.2. The molecule has 116 valence electrons. The van der Waals surface area contributed by atoms with Gasteiger partial charge >= 0.3 is 0 Å². The summed E-state index contributed by atoms with van der Waals surface area (Å²) in [6, 6.07) is 10.1. The van der Waals surface area contributed by atoms with Crippen molar-refractivity contribution in [2.45, 2.75) is 30.8 Å². The molecule has 0 spiro atoms. The van der Waals surface area contributed by atoms with Crippen molar-refractivity contribution in [1.82, 2.24) is 9.97 Å². The first kappa shape index (κ1) is 14.7. The van der Waals surface area contributed by atoms with Gasteiger partial charge in [0.15, 0.2) is 5.16 Å². The van der Waals surface area contributed by atoms with Crippen LogP contribution in [-0.4, -0.2) is 9.97 Å². The number of rotatable bonds is 3. The number of fused-ring (bicyclic) bond motifs is 3. The van der Waals surface area contributed by atoms with Crippen LogP contribution in [0.25, 0.3) is 16.3 Å². The summed E-state index contributed by atoms with van der Waals surface area (Å²) in [7, 11) is 0. The molecule has 0 saturated heterocycles. The van der Waals surface area contributed by atoms with E-state index in [2.05, 4.69) is 9.97 Å². The molecular formula is C18H16N2OS2. The summed E-state index contributed by atoms with van der Waals surface area (Å²) >= 11 is 3.14. The molecule has 23 heavy (non-hydrogen) atoms. The molecule has 1 aliphatic carbocycles. The Morgan fingerprint density at radius 2 is 2.00 bits per heavy atom. The Balaban J connectivity index is 1.64. The summed E-state index contributed by atoms with van der Waals surface area (Å²) in [6.07, 6.45) is 6.52. The second-order valence-corrected chi connectivity index (χ2v) is 7.57. The number of nitrogens with one attached hydrogen (secondary N) is 1. The zero-order chi connectivity index (χ0) is 15.6. The second kappa shape index (κ2) is 6.34. The van der Waals surface area contributed by atoms with Gasteiger partial charge in [0.1, 0.15) is 4.83 Å². The van der Waals surface area contributed by atoms with Crippen molar-refractivity contribution in [3.8, 4) is 0 Å². The van der Waals surface area contributed by atoms with Crippen LogP contribution in [0.4, 0.5) is 0 Å². The third kappa shape index (κ3) is 2.99. The van der Waals surface area contributed by atoms with E-state index in [9.17, 15) is 4.79 Å². The van der Waals surface area contributed by atoms with Crippen LogP contribution < -0.4 is 5.56 Å². The molecule has 3 nitrogen and oxygen atoms in total. The highest BCUT2D eigenvalue weighted by molar-refractivity contribution is 8.02. The Hall–Kier alpha value is -1.85. The molecule has 1 aliphatic rings. The van der Waals surface area contributed by atoms with Crippen LogP contribution in [0.15, 0.2) is 45.7 Å². The number of benzene rings is 1. The lowest BCUT2D eigenvalue weighted by molar-refractivity contribution is 0.700. The van der Waals surface area contributed by atoms with E-state index in [1.54, 1.807) is 11.3 Å². The Labute approximate surface area is 142 Å². The summed E-state index contributed by atoms with van der Waals surface area (Å²) in [6.45, 7) is 0. The number of hydrogen-bond donors (Lipinski definition) is 1. The van der Waals surface area contributed by atoms with Gasteiger partial charge in [-0.05, 0) is 48.3 Å². The fourth-order valence-corrected chi connectivity index (χ4v) is 4.91. The van der Waals surface area contributed by atoms with E-state index < -0.39 is 0 Å². The first-order valence-corrected chi connectivity index (χ1v) is 9.44. The molecular weight excluding hydrogens is 324 g/mol. The van der Waals surface area contributed by atoms with Crippen LogP contribution in [0.1, 0.15) is 28.8 Å². The van der Waals surface area contributed by atoms with Crippen molar-refractivity contribution in [3.05, 3.63) is 62.1 Å². The summed E-state index contributed by atoms with van der Waals surface area (Å²) in [5, 5.41) is 3.45. The minimum Gasteiger partial charge on any atom is -0.301 e. The highest BCUT2D eigenvalue weighted by atomic mass is 32.2. The standard InChI is InChI=1S/C18H16N2OS2/c21-16-15-13-8-4-5-9-14(13)23-17(15)20-18(19-16)22-11-10-12-6-2-1-3-7-12/h1-3,6-7,10-11H,4-5,8-9H2,(H,19,20,21)/b11-10+. The van der Waals surface area contributed by atoms with Crippen LogP contribution in [0.2, 0.25) is 0 Å². The number of aryl methyl sites for hydroxylation is 2. The maximum absolute atomic E-state index is 12.4. The second-order valence-electron chi connectivity index (χ2n) is 5.59. The van der Waals surface area contributed by atoms with Crippen LogP contribution in [-0.2, 0) is 12.8 Å². The molecule has 0 bridgehead atoms. The molecule has 0 atom stereocenters. The lowest BCUT2D eigenvalue weighted by Gasteiger charge is -2.09. The van der Waals surface area contributed by atoms with E-state index in [0.717, 1.165) is 28.6 Å².